The van der Waals surface area contributed by atoms with Crippen molar-refractivity contribution in [3.8, 4) is 0 Å². The maximum absolute atomic E-state index is 13.1. The number of aliphatic hydroxyl groups is 1. The molecule has 0 unspecified atom stereocenters. The molecule has 138 valence electrons. The molecular formula is C17H19N3O4S2. The van der Waals surface area contributed by atoms with E-state index in [9.17, 15) is 13.5 Å². The molecule has 2 atom stereocenters. The number of fused-ring (bicyclic) bond motifs is 1. The zero-order valence-electron chi connectivity index (χ0n) is 14.2. The quantitative estimate of drug-likeness (QED) is 0.714. The molecule has 9 heteroatoms. The van der Waals surface area contributed by atoms with Crippen LogP contribution in [0.15, 0.2) is 38.5 Å². The zero-order valence-corrected chi connectivity index (χ0v) is 15.8. The molecule has 1 saturated heterocycles. The van der Waals surface area contributed by atoms with Gasteiger partial charge < -0.3 is 9.63 Å². The molecule has 0 aromatic carbocycles. The molecule has 1 N–H and O–H groups in total. The molecule has 1 fully saturated rings. The highest BCUT2D eigenvalue weighted by Gasteiger charge is 2.40. The molecule has 4 rings (SSSR count). The van der Waals surface area contributed by atoms with E-state index in [-0.39, 0.29) is 23.3 Å². The third kappa shape index (κ3) is 2.84. The maximum Gasteiger partial charge on any atom is 0.258 e. The Morgan fingerprint density at radius 2 is 2.27 bits per heavy atom. The van der Waals surface area contributed by atoms with Crippen LogP contribution in [0.3, 0.4) is 0 Å². The van der Waals surface area contributed by atoms with Crippen molar-refractivity contribution >= 4 is 32.5 Å². The zero-order chi connectivity index (χ0) is 18.3. The van der Waals surface area contributed by atoms with E-state index in [2.05, 4.69) is 10.1 Å². The first kappa shape index (κ1) is 17.6. The van der Waals surface area contributed by atoms with Gasteiger partial charge in [0.15, 0.2) is 0 Å². The van der Waals surface area contributed by atoms with Crippen LogP contribution in [0.1, 0.15) is 24.1 Å². The largest absolute Gasteiger partial charge is 0.396 e. The number of rotatable bonds is 5. The lowest BCUT2D eigenvalue weighted by Gasteiger charge is -2.16. The predicted octanol–water partition coefficient (Wildman–Crippen LogP) is 2.24. The molecule has 0 radical (unpaired) electrons. The van der Waals surface area contributed by atoms with Crippen molar-refractivity contribution < 1.29 is 18.0 Å². The molecule has 1 aliphatic heterocycles. The van der Waals surface area contributed by atoms with Crippen LogP contribution < -0.4 is 0 Å². The lowest BCUT2D eigenvalue weighted by Crippen LogP contribution is -2.29. The minimum Gasteiger partial charge on any atom is -0.396 e. The Balaban J connectivity index is 1.68. The van der Waals surface area contributed by atoms with E-state index < -0.39 is 10.0 Å². The van der Waals surface area contributed by atoms with Crippen molar-refractivity contribution in [1.82, 2.24) is 14.4 Å². The van der Waals surface area contributed by atoms with E-state index >= 15 is 0 Å². The molecule has 1 aliphatic rings. The van der Waals surface area contributed by atoms with Gasteiger partial charge in [-0.2, -0.15) is 15.6 Å². The maximum atomic E-state index is 13.1. The van der Waals surface area contributed by atoms with Crippen LogP contribution in [0.2, 0.25) is 0 Å². The Morgan fingerprint density at radius 3 is 2.96 bits per heavy atom. The van der Waals surface area contributed by atoms with Gasteiger partial charge in [-0.1, -0.05) is 12.1 Å². The summed E-state index contributed by atoms with van der Waals surface area (Å²) >= 11 is 1.57. The molecule has 26 heavy (non-hydrogen) atoms. The Morgan fingerprint density at radius 1 is 1.42 bits per heavy atom. The standard InChI is InChI=1S/C17H19N3O4S2/c1-2-16-14-5-13(6-18-17(14)24-19-16)26(22,23)20-7-12(9-21)15(8-20)11-3-4-25-10-11/h3-6,10,12,15,21H,2,7-9H2,1H3/t12-,15-/m1/s1. The summed E-state index contributed by atoms with van der Waals surface area (Å²) in [5.74, 6) is -0.114. The topological polar surface area (TPSA) is 96.5 Å². The van der Waals surface area contributed by atoms with Crippen molar-refractivity contribution in [2.45, 2.75) is 24.2 Å². The lowest BCUT2D eigenvalue weighted by molar-refractivity contribution is 0.223. The highest BCUT2D eigenvalue weighted by atomic mass is 32.2. The van der Waals surface area contributed by atoms with Crippen LogP contribution in [0.25, 0.3) is 11.1 Å². The SMILES string of the molecule is CCc1noc2ncc(S(=O)(=O)N3C[C@H](CO)[C@@H](c4ccsc4)C3)cc12. The monoisotopic (exact) mass is 393 g/mol. The second-order valence-corrected chi connectivity index (χ2v) is 9.15. The fourth-order valence-corrected chi connectivity index (χ4v) is 5.70. The number of sulfonamides is 1. The lowest BCUT2D eigenvalue weighted by atomic mass is 9.92. The average Bonchev–Trinajstić information content (AvgIpc) is 3.38. The van der Waals surface area contributed by atoms with E-state index in [0.29, 0.717) is 36.3 Å². The molecular weight excluding hydrogens is 374 g/mol. The highest BCUT2D eigenvalue weighted by Crippen LogP contribution is 2.36. The number of pyridine rings is 1. The number of nitrogens with zero attached hydrogens (tertiary/aromatic N) is 3. The summed E-state index contributed by atoms with van der Waals surface area (Å²) in [6, 6.07) is 3.57. The first-order chi connectivity index (χ1) is 12.5. The summed E-state index contributed by atoms with van der Waals surface area (Å²) in [5, 5.41) is 18.3. The van der Waals surface area contributed by atoms with Crippen molar-refractivity contribution in [1.29, 1.82) is 0 Å². The van der Waals surface area contributed by atoms with Crippen LogP contribution >= 0.6 is 11.3 Å². The predicted molar refractivity (Wildman–Crippen MR) is 97.6 cm³/mol. The third-order valence-electron chi connectivity index (χ3n) is 4.97. The van der Waals surface area contributed by atoms with Gasteiger partial charge in [0.25, 0.3) is 5.71 Å². The van der Waals surface area contributed by atoms with E-state index in [1.807, 2.05) is 23.8 Å². The van der Waals surface area contributed by atoms with Crippen LogP contribution in [0.4, 0.5) is 0 Å². The first-order valence-corrected chi connectivity index (χ1v) is 10.8. The molecule has 0 spiro atoms. The van der Waals surface area contributed by atoms with E-state index in [0.717, 1.165) is 5.56 Å². The van der Waals surface area contributed by atoms with Gasteiger partial charge in [-0.25, -0.2) is 13.4 Å². The van der Waals surface area contributed by atoms with Crippen molar-refractivity contribution in [2.24, 2.45) is 5.92 Å². The van der Waals surface area contributed by atoms with Gasteiger partial charge >= 0.3 is 0 Å². The molecule has 0 bridgehead atoms. The van der Waals surface area contributed by atoms with Gasteiger partial charge in [-0.3, -0.25) is 0 Å². The molecule has 3 aromatic rings. The number of aryl methyl sites for hydroxylation is 1. The summed E-state index contributed by atoms with van der Waals surface area (Å²) in [6.07, 6.45) is 1.95. The summed E-state index contributed by atoms with van der Waals surface area (Å²) in [5.41, 5.74) is 2.11. The van der Waals surface area contributed by atoms with Crippen molar-refractivity contribution in [3.63, 3.8) is 0 Å². The minimum atomic E-state index is -3.71. The highest BCUT2D eigenvalue weighted by molar-refractivity contribution is 7.89. The molecule has 7 nitrogen and oxygen atoms in total. The molecule has 0 amide bonds. The minimum absolute atomic E-state index is 0.000454. The normalized spacial score (nSPS) is 21.6. The van der Waals surface area contributed by atoms with Crippen LogP contribution in [0, 0.1) is 5.92 Å². The van der Waals surface area contributed by atoms with Gasteiger partial charge in [0.2, 0.25) is 10.0 Å². The van der Waals surface area contributed by atoms with Crippen LogP contribution in [0.5, 0.6) is 0 Å². The molecule has 0 saturated carbocycles. The first-order valence-electron chi connectivity index (χ1n) is 8.42. The second-order valence-electron chi connectivity index (χ2n) is 6.43. The van der Waals surface area contributed by atoms with Gasteiger partial charge in [0.1, 0.15) is 4.90 Å². The average molecular weight is 393 g/mol. The summed E-state index contributed by atoms with van der Waals surface area (Å²) < 4.78 is 32.8. The molecule has 4 heterocycles. The second kappa shape index (κ2) is 6.73. The Kier molecular flexibility index (Phi) is 4.55. The van der Waals surface area contributed by atoms with Crippen molar-refractivity contribution in [2.75, 3.05) is 19.7 Å². The Hall–Kier alpha value is -1.81. The van der Waals surface area contributed by atoms with Crippen molar-refractivity contribution in [3.05, 3.63) is 40.3 Å². The van der Waals surface area contributed by atoms with Gasteiger partial charge in [-0.05, 0) is 34.9 Å². The van der Waals surface area contributed by atoms with E-state index in [4.69, 9.17) is 4.52 Å². The number of aromatic nitrogens is 2. The fraction of sp³-hybridized carbons (Fsp3) is 0.412. The number of aliphatic hydroxyl groups excluding tert-OH is 1. The number of hydrogen-bond acceptors (Lipinski definition) is 7. The number of hydrogen-bond donors (Lipinski definition) is 1. The van der Waals surface area contributed by atoms with Gasteiger partial charge in [0, 0.05) is 31.5 Å². The Labute approximate surface area is 155 Å². The number of thiophene rings is 1. The van der Waals surface area contributed by atoms with Gasteiger partial charge in [0.05, 0.1) is 17.3 Å². The Bertz CT molecular complexity index is 1010. The molecule has 3 aromatic heterocycles. The van der Waals surface area contributed by atoms with Crippen LogP contribution in [-0.2, 0) is 16.4 Å². The fourth-order valence-electron chi connectivity index (χ4n) is 3.48. The van der Waals surface area contributed by atoms with Gasteiger partial charge in [-0.15, -0.1) is 0 Å². The summed E-state index contributed by atoms with van der Waals surface area (Å²) in [6.45, 7) is 2.53. The summed E-state index contributed by atoms with van der Waals surface area (Å²) in [7, 11) is -3.71. The van der Waals surface area contributed by atoms with E-state index in [1.54, 1.807) is 17.4 Å². The summed E-state index contributed by atoms with van der Waals surface area (Å²) in [4.78, 5) is 4.24. The van der Waals surface area contributed by atoms with Crippen LogP contribution in [-0.4, -0.2) is 47.7 Å². The smallest absolute Gasteiger partial charge is 0.258 e. The third-order valence-corrected chi connectivity index (χ3v) is 7.46. The van der Waals surface area contributed by atoms with E-state index in [1.165, 1.54) is 10.5 Å². The molecule has 0 aliphatic carbocycles.